The van der Waals surface area contributed by atoms with Gasteiger partial charge in [-0.2, -0.15) is 5.10 Å². The summed E-state index contributed by atoms with van der Waals surface area (Å²) in [5.74, 6) is 2.30. The van der Waals surface area contributed by atoms with E-state index in [0.717, 1.165) is 16.3 Å². The number of carbonyl (C=O) groups excluding carboxylic acids is 1. The Balaban J connectivity index is 1.33. The first-order valence-electron chi connectivity index (χ1n) is 9.41. The minimum absolute atomic E-state index is 0.253. The largest absolute Gasteiger partial charge is 0.368 e. The zero-order valence-electron chi connectivity index (χ0n) is 16.8. The van der Waals surface area contributed by atoms with Crippen LogP contribution in [0.15, 0.2) is 40.2 Å². The summed E-state index contributed by atoms with van der Waals surface area (Å²) in [7, 11) is 0. The van der Waals surface area contributed by atoms with Gasteiger partial charge in [0.2, 0.25) is 0 Å². The summed E-state index contributed by atoms with van der Waals surface area (Å²) < 4.78 is 7.03. The van der Waals surface area contributed by atoms with E-state index in [0.29, 0.717) is 36.3 Å². The van der Waals surface area contributed by atoms with E-state index in [9.17, 15) is 4.79 Å². The lowest BCUT2D eigenvalue weighted by Gasteiger charge is -2.10. The average Bonchev–Trinajstić information content (AvgIpc) is 3.45. The number of hydrogen-bond donors (Lipinski definition) is 2. The fraction of sp³-hybridized carbons (Fsp3) is 0.250. The Hall–Kier alpha value is -3.53. The Labute approximate surface area is 177 Å². The van der Waals surface area contributed by atoms with Crippen LogP contribution in [0.2, 0.25) is 0 Å². The van der Waals surface area contributed by atoms with Crippen LogP contribution in [0.1, 0.15) is 27.7 Å². The molecule has 1 amide bonds. The fourth-order valence-corrected chi connectivity index (χ4v) is 3.66. The topological polar surface area (TPSA) is 111 Å². The van der Waals surface area contributed by atoms with Crippen LogP contribution in [0.4, 0.5) is 5.82 Å². The zero-order valence-corrected chi connectivity index (χ0v) is 17.7. The summed E-state index contributed by atoms with van der Waals surface area (Å²) in [6.45, 7) is 6.65. The first-order valence-corrected chi connectivity index (χ1v) is 10.3. The maximum Gasteiger partial charge on any atom is 0.273 e. The third-order valence-corrected chi connectivity index (χ3v) is 5.16. The molecule has 0 unspecified atom stereocenters. The van der Waals surface area contributed by atoms with E-state index in [4.69, 9.17) is 4.52 Å². The molecule has 154 valence electrons. The number of anilines is 1. The van der Waals surface area contributed by atoms with Crippen molar-refractivity contribution in [3.63, 3.8) is 0 Å². The summed E-state index contributed by atoms with van der Waals surface area (Å²) in [5, 5.41) is 16.3. The van der Waals surface area contributed by atoms with Crippen molar-refractivity contribution in [3.05, 3.63) is 58.6 Å². The lowest BCUT2D eigenvalue weighted by atomic mass is 10.3. The van der Waals surface area contributed by atoms with E-state index in [1.165, 1.54) is 11.3 Å². The SMILES string of the molecule is Cc1cc(C)n(-c2cc(NCCNC(=O)c3cc(-c4cccs4)on3)nc(C)n2)n1. The van der Waals surface area contributed by atoms with Crippen LogP contribution in [0, 0.1) is 20.8 Å². The average molecular weight is 424 g/mol. The van der Waals surface area contributed by atoms with Crippen LogP contribution in [-0.2, 0) is 0 Å². The molecule has 0 aliphatic carbocycles. The van der Waals surface area contributed by atoms with Gasteiger partial charge < -0.3 is 15.2 Å². The predicted molar refractivity (Wildman–Crippen MR) is 114 cm³/mol. The van der Waals surface area contributed by atoms with Crippen molar-refractivity contribution in [1.29, 1.82) is 0 Å². The quantitative estimate of drug-likeness (QED) is 0.439. The summed E-state index contributed by atoms with van der Waals surface area (Å²) in [6, 6.07) is 9.31. The number of rotatable bonds is 7. The van der Waals surface area contributed by atoms with Gasteiger partial charge in [-0.1, -0.05) is 11.2 Å². The zero-order chi connectivity index (χ0) is 21.1. The molecule has 30 heavy (non-hydrogen) atoms. The van der Waals surface area contributed by atoms with Gasteiger partial charge in [0.25, 0.3) is 5.91 Å². The molecule has 0 radical (unpaired) electrons. The van der Waals surface area contributed by atoms with Gasteiger partial charge in [0.05, 0.1) is 10.6 Å². The number of aryl methyl sites for hydroxylation is 3. The van der Waals surface area contributed by atoms with Crippen molar-refractivity contribution in [3.8, 4) is 16.5 Å². The van der Waals surface area contributed by atoms with Gasteiger partial charge in [-0.25, -0.2) is 14.6 Å². The Bertz CT molecular complexity index is 1160. The number of hydrogen-bond acceptors (Lipinski definition) is 8. The highest BCUT2D eigenvalue weighted by atomic mass is 32.1. The van der Waals surface area contributed by atoms with E-state index in [1.54, 1.807) is 10.7 Å². The summed E-state index contributed by atoms with van der Waals surface area (Å²) in [6.07, 6.45) is 0. The van der Waals surface area contributed by atoms with Gasteiger partial charge in [-0.3, -0.25) is 4.79 Å². The van der Waals surface area contributed by atoms with E-state index in [1.807, 2.05) is 50.4 Å². The molecule has 0 atom stereocenters. The number of carbonyl (C=O) groups is 1. The maximum absolute atomic E-state index is 12.3. The Morgan fingerprint density at radius 2 is 2.03 bits per heavy atom. The molecule has 0 bridgehead atoms. The molecule has 0 aromatic carbocycles. The van der Waals surface area contributed by atoms with Gasteiger partial charge in [-0.05, 0) is 38.3 Å². The third-order valence-electron chi connectivity index (χ3n) is 4.27. The number of thiophene rings is 1. The van der Waals surface area contributed by atoms with E-state index >= 15 is 0 Å². The Morgan fingerprint density at radius 3 is 2.77 bits per heavy atom. The highest BCUT2D eigenvalue weighted by molar-refractivity contribution is 7.13. The molecule has 0 aliphatic heterocycles. The highest BCUT2D eigenvalue weighted by Crippen LogP contribution is 2.25. The van der Waals surface area contributed by atoms with E-state index in [-0.39, 0.29) is 11.6 Å². The molecular weight excluding hydrogens is 402 g/mol. The maximum atomic E-state index is 12.3. The molecular formula is C20H21N7O2S. The monoisotopic (exact) mass is 423 g/mol. The minimum atomic E-state index is -0.287. The summed E-state index contributed by atoms with van der Waals surface area (Å²) in [4.78, 5) is 22.1. The molecule has 0 spiro atoms. The van der Waals surface area contributed by atoms with Crippen molar-refractivity contribution in [1.82, 2.24) is 30.2 Å². The molecule has 4 rings (SSSR count). The molecule has 4 aromatic rings. The number of aromatic nitrogens is 5. The van der Waals surface area contributed by atoms with Crippen molar-refractivity contribution in [2.45, 2.75) is 20.8 Å². The fourth-order valence-electron chi connectivity index (χ4n) is 2.99. The first-order chi connectivity index (χ1) is 14.5. The molecule has 0 fully saturated rings. The highest BCUT2D eigenvalue weighted by Gasteiger charge is 2.14. The minimum Gasteiger partial charge on any atom is -0.368 e. The molecule has 0 saturated carbocycles. The van der Waals surface area contributed by atoms with Crippen LogP contribution in [0.25, 0.3) is 16.5 Å². The van der Waals surface area contributed by atoms with Crippen molar-refractivity contribution >= 4 is 23.1 Å². The van der Waals surface area contributed by atoms with E-state index in [2.05, 4.69) is 30.9 Å². The second-order valence-electron chi connectivity index (χ2n) is 6.73. The Kier molecular flexibility index (Phi) is 5.57. The van der Waals surface area contributed by atoms with Gasteiger partial charge in [0.1, 0.15) is 11.6 Å². The van der Waals surface area contributed by atoms with Crippen LogP contribution in [0.3, 0.4) is 0 Å². The first kappa shape index (κ1) is 19.8. The molecule has 9 nitrogen and oxygen atoms in total. The molecule has 2 N–H and O–H groups in total. The molecule has 4 aromatic heterocycles. The number of nitrogens with zero attached hydrogens (tertiary/aromatic N) is 5. The van der Waals surface area contributed by atoms with Crippen molar-refractivity contribution in [2.75, 3.05) is 18.4 Å². The van der Waals surface area contributed by atoms with Crippen LogP contribution in [-0.4, -0.2) is 43.9 Å². The van der Waals surface area contributed by atoms with Gasteiger partial charge in [-0.15, -0.1) is 11.3 Å². The second kappa shape index (κ2) is 8.46. The van der Waals surface area contributed by atoms with Crippen LogP contribution < -0.4 is 10.6 Å². The molecule has 0 saturated heterocycles. The van der Waals surface area contributed by atoms with Crippen LogP contribution in [0.5, 0.6) is 0 Å². The smallest absolute Gasteiger partial charge is 0.273 e. The second-order valence-corrected chi connectivity index (χ2v) is 7.68. The molecule has 0 aliphatic rings. The number of amides is 1. The van der Waals surface area contributed by atoms with Gasteiger partial charge >= 0.3 is 0 Å². The van der Waals surface area contributed by atoms with E-state index < -0.39 is 0 Å². The Morgan fingerprint density at radius 1 is 1.17 bits per heavy atom. The molecule has 10 heteroatoms. The normalized spacial score (nSPS) is 10.9. The lowest BCUT2D eigenvalue weighted by Crippen LogP contribution is -2.29. The summed E-state index contributed by atoms with van der Waals surface area (Å²) in [5.41, 5.74) is 2.18. The standard InChI is InChI=1S/C20H21N7O2S/c1-12-9-13(2)27(25-12)19-11-18(23-14(3)24-19)21-6-7-22-20(28)15-10-16(29-26-15)17-5-4-8-30-17/h4-5,8-11H,6-7H2,1-3H3,(H,22,28)(H,21,23,24). The van der Waals surface area contributed by atoms with Crippen molar-refractivity contribution in [2.24, 2.45) is 0 Å². The van der Waals surface area contributed by atoms with Gasteiger partial charge in [0, 0.05) is 30.9 Å². The van der Waals surface area contributed by atoms with Crippen LogP contribution >= 0.6 is 11.3 Å². The molecule has 4 heterocycles. The van der Waals surface area contributed by atoms with Crippen molar-refractivity contribution < 1.29 is 9.32 Å². The third kappa shape index (κ3) is 4.38. The number of nitrogens with one attached hydrogen (secondary N) is 2. The van der Waals surface area contributed by atoms with Gasteiger partial charge in [0.15, 0.2) is 17.3 Å². The predicted octanol–water partition coefficient (Wildman–Crippen LogP) is 3.15. The summed E-state index contributed by atoms with van der Waals surface area (Å²) >= 11 is 1.53. The lowest BCUT2D eigenvalue weighted by molar-refractivity contribution is 0.0946.